The van der Waals surface area contributed by atoms with Crippen LogP contribution < -0.4 is 0 Å². The lowest BCUT2D eigenvalue weighted by atomic mass is 9.46. The highest BCUT2D eigenvalue weighted by Crippen LogP contribution is 2.62. The zero-order valence-electron chi connectivity index (χ0n) is 22.0. The molecule has 8 unspecified atom stereocenters. The van der Waals surface area contributed by atoms with Gasteiger partial charge in [-0.2, -0.15) is 0 Å². The molecule has 1 aromatic rings. The number of aliphatic hydroxyl groups is 2. The van der Waals surface area contributed by atoms with Crippen LogP contribution in [0.1, 0.15) is 64.2 Å². The van der Waals surface area contributed by atoms with Crippen LogP contribution >= 0.6 is 0 Å². The molecule has 8 heteroatoms. The van der Waals surface area contributed by atoms with Gasteiger partial charge < -0.3 is 24.4 Å². The predicted octanol–water partition coefficient (Wildman–Crippen LogP) is 3.20. The van der Waals surface area contributed by atoms with Gasteiger partial charge in [-0.15, -0.1) is 0 Å². The van der Waals surface area contributed by atoms with Crippen LogP contribution in [0.2, 0.25) is 0 Å². The topological polar surface area (TPSA) is 119 Å². The van der Waals surface area contributed by atoms with Gasteiger partial charge in [-0.3, -0.25) is 9.59 Å². The van der Waals surface area contributed by atoms with E-state index in [4.69, 9.17) is 14.2 Å². The Labute approximate surface area is 217 Å². The van der Waals surface area contributed by atoms with Crippen LogP contribution in [0, 0.1) is 28.6 Å². The van der Waals surface area contributed by atoms with E-state index in [1.54, 1.807) is 37.3 Å². The number of allylic oxidation sites excluding steroid dienone is 1. The first-order valence-corrected chi connectivity index (χ1v) is 13.1. The fourth-order valence-corrected chi connectivity index (χ4v) is 7.48. The van der Waals surface area contributed by atoms with Gasteiger partial charge >= 0.3 is 11.9 Å². The number of hydrogen-bond donors (Lipinski definition) is 2. The van der Waals surface area contributed by atoms with Crippen molar-refractivity contribution < 1.29 is 38.8 Å². The number of carbonyl (C=O) groups excluding carboxylic acids is 3. The number of fused-ring (bicyclic) bond motifs is 5. The highest BCUT2D eigenvalue weighted by Gasteiger charge is 2.71. The Morgan fingerprint density at radius 2 is 1.81 bits per heavy atom. The van der Waals surface area contributed by atoms with E-state index in [-0.39, 0.29) is 30.1 Å². The van der Waals surface area contributed by atoms with E-state index in [9.17, 15) is 24.6 Å². The molecule has 200 valence electrons. The molecule has 1 aromatic carbocycles. The summed E-state index contributed by atoms with van der Waals surface area (Å²) >= 11 is 0. The van der Waals surface area contributed by atoms with Crippen molar-refractivity contribution in [3.8, 4) is 0 Å². The number of Topliss-reactive ketones (excluding diaryl/α,β-unsaturated/α-hetero) is 1. The van der Waals surface area contributed by atoms with Crippen molar-refractivity contribution in [1.82, 2.24) is 0 Å². The number of ether oxygens (including phenoxy) is 3. The molecule has 8 atom stereocenters. The van der Waals surface area contributed by atoms with E-state index >= 15 is 0 Å². The number of rotatable bonds is 3. The molecule has 37 heavy (non-hydrogen) atoms. The molecular weight excluding hydrogens is 476 g/mol. The molecule has 4 aliphatic rings. The predicted molar refractivity (Wildman–Crippen MR) is 132 cm³/mol. The van der Waals surface area contributed by atoms with Gasteiger partial charge in [0.15, 0.2) is 5.76 Å². The van der Waals surface area contributed by atoms with E-state index in [1.165, 1.54) is 6.92 Å². The Hall–Kier alpha value is -2.55. The SMILES string of the molecule is CC(=O)O/C1=C2\C(C)CCC(O)(C(OC(=O)c3ccccc3)C3C4COC4CC(O)C3(C)C1=O)C2(C)C. The Kier molecular flexibility index (Phi) is 6.17. The van der Waals surface area contributed by atoms with Crippen LogP contribution in [0.3, 0.4) is 0 Å². The molecule has 2 N–H and O–H groups in total. The minimum atomic E-state index is -1.60. The summed E-state index contributed by atoms with van der Waals surface area (Å²) in [4.78, 5) is 40.1. The molecule has 3 fully saturated rings. The third-order valence-corrected chi connectivity index (χ3v) is 9.71. The minimum Gasteiger partial charge on any atom is -0.455 e. The number of aliphatic hydroxyl groups excluding tert-OH is 1. The minimum absolute atomic E-state index is 0.0961. The lowest BCUT2D eigenvalue weighted by molar-refractivity contribution is -0.272. The molecule has 3 aliphatic carbocycles. The van der Waals surface area contributed by atoms with E-state index in [0.29, 0.717) is 30.6 Å². The van der Waals surface area contributed by atoms with Crippen LogP contribution in [0.5, 0.6) is 0 Å². The number of ketones is 1. The van der Waals surface area contributed by atoms with E-state index in [0.717, 1.165) is 0 Å². The Morgan fingerprint density at radius 1 is 1.14 bits per heavy atom. The monoisotopic (exact) mass is 512 g/mol. The summed E-state index contributed by atoms with van der Waals surface area (Å²) in [6.45, 7) is 8.77. The fraction of sp³-hybridized carbons (Fsp3) is 0.621. The molecule has 0 amide bonds. The van der Waals surface area contributed by atoms with Gasteiger partial charge in [0.2, 0.25) is 5.78 Å². The Morgan fingerprint density at radius 3 is 2.41 bits per heavy atom. The first-order valence-electron chi connectivity index (χ1n) is 13.1. The lowest BCUT2D eigenvalue weighted by Crippen LogP contribution is -2.72. The van der Waals surface area contributed by atoms with Crippen LogP contribution in [0.4, 0.5) is 0 Å². The third kappa shape index (κ3) is 3.63. The van der Waals surface area contributed by atoms with Crippen LogP contribution in [0.25, 0.3) is 0 Å². The summed E-state index contributed by atoms with van der Waals surface area (Å²) in [7, 11) is 0. The number of esters is 2. The smallest absolute Gasteiger partial charge is 0.338 e. The van der Waals surface area contributed by atoms with Crippen molar-refractivity contribution in [3.63, 3.8) is 0 Å². The molecule has 1 saturated heterocycles. The van der Waals surface area contributed by atoms with Gasteiger partial charge in [0.25, 0.3) is 0 Å². The normalized spacial score (nSPS) is 42.3. The third-order valence-electron chi connectivity index (χ3n) is 9.71. The highest BCUT2D eigenvalue weighted by atomic mass is 16.6. The Bertz CT molecular complexity index is 1160. The number of benzene rings is 1. The molecular formula is C29H36O8. The molecule has 2 saturated carbocycles. The highest BCUT2D eigenvalue weighted by molar-refractivity contribution is 6.01. The molecule has 0 radical (unpaired) electrons. The number of hydrogen-bond acceptors (Lipinski definition) is 8. The molecule has 0 aromatic heterocycles. The van der Waals surface area contributed by atoms with E-state index in [1.807, 2.05) is 20.8 Å². The summed E-state index contributed by atoms with van der Waals surface area (Å²) in [5.74, 6) is -3.02. The van der Waals surface area contributed by atoms with Crippen molar-refractivity contribution in [1.29, 1.82) is 0 Å². The summed E-state index contributed by atoms with van der Waals surface area (Å²) in [5.41, 5.74) is -3.33. The molecule has 1 aliphatic heterocycles. The van der Waals surface area contributed by atoms with Gasteiger partial charge in [-0.05, 0) is 43.4 Å². The van der Waals surface area contributed by atoms with Crippen molar-refractivity contribution in [2.75, 3.05) is 6.61 Å². The first-order chi connectivity index (χ1) is 17.3. The molecule has 5 rings (SSSR count). The summed E-state index contributed by atoms with van der Waals surface area (Å²) < 4.78 is 17.6. The van der Waals surface area contributed by atoms with E-state index < -0.39 is 52.3 Å². The van der Waals surface area contributed by atoms with Crippen molar-refractivity contribution in [2.24, 2.45) is 28.6 Å². The zero-order chi connectivity index (χ0) is 26.9. The summed E-state index contributed by atoms with van der Waals surface area (Å²) in [5, 5.41) is 24.1. The second-order valence-corrected chi connectivity index (χ2v) is 11.9. The lowest BCUT2D eigenvalue weighted by Gasteiger charge is -2.63. The first kappa shape index (κ1) is 26.1. The maximum atomic E-state index is 14.5. The van der Waals surface area contributed by atoms with Crippen LogP contribution in [-0.2, 0) is 23.8 Å². The van der Waals surface area contributed by atoms with Crippen molar-refractivity contribution in [3.05, 3.63) is 47.2 Å². The zero-order valence-corrected chi connectivity index (χ0v) is 22.0. The standard InChI is InChI=1S/C29H36O8/c1-15-11-12-29(34)25(37-26(33)17-9-7-6-8-10-17)22-18-14-35-19(18)13-20(31)28(22,5)24(32)23(36-16(2)30)21(15)27(29,3)4/h6-10,15,18-20,22,25,31,34H,11-14H2,1-5H3/b23-21+. The quantitative estimate of drug-likeness (QED) is 0.593. The van der Waals surface area contributed by atoms with Crippen LogP contribution in [0.15, 0.2) is 41.7 Å². The summed E-state index contributed by atoms with van der Waals surface area (Å²) in [6.07, 6.45) is -1.56. The van der Waals surface area contributed by atoms with Crippen molar-refractivity contribution >= 4 is 17.7 Å². The molecule has 1 heterocycles. The average Bonchev–Trinajstić information content (AvgIpc) is 2.83. The van der Waals surface area contributed by atoms with Gasteiger partial charge in [0.1, 0.15) is 11.7 Å². The van der Waals surface area contributed by atoms with Crippen molar-refractivity contribution in [2.45, 2.75) is 77.8 Å². The maximum absolute atomic E-state index is 14.5. The molecule has 2 bridgehead atoms. The van der Waals surface area contributed by atoms with Gasteiger partial charge in [-0.25, -0.2) is 4.79 Å². The second kappa shape index (κ2) is 8.75. The summed E-state index contributed by atoms with van der Waals surface area (Å²) in [6, 6.07) is 8.54. The van der Waals surface area contributed by atoms with E-state index in [2.05, 4.69) is 0 Å². The largest absolute Gasteiger partial charge is 0.455 e. The average molecular weight is 513 g/mol. The van der Waals surface area contributed by atoms with Gasteiger partial charge in [-0.1, -0.05) is 39.0 Å². The fourth-order valence-electron chi connectivity index (χ4n) is 7.48. The second-order valence-electron chi connectivity index (χ2n) is 11.9. The van der Waals surface area contributed by atoms with Crippen LogP contribution in [-0.4, -0.2) is 58.5 Å². The molecule has 8 nitrogen and oxygen atoms in total. The maximum Gasteiger partial charge on any atom is 0.338 e. The van der Waals surface area contributed by atoms with Gasteiger partial charge in [0.05, 0.1) is 29.8 Å². The number of carbonyl (C=O) groups is 3. The molecule has 0 spiro atoms. The van der Waals surface area contributed by atoms with Gasteiger partial charge in [0, 0.05) is 30.6 Å². The Balaban J connectivity index is 1.76.